The molecule has 0 saturated carbocycles. The van der Waals surface area contributed by atoms with Crippen molar-refractivity contribution in [2.45, 2.75) is 6.42 Å². The van der Waals surface area contributed by atoms with E-state index in [-0.39, 0.29) is 0 Å². The summed E-state index contributed by atoms with van der Waals surface area (Å²) in [6, 6.07) is 0. The third kappa shape index (κ3) is 2.15. The van der Waals surface area contributed by atoms with Crippen molar-refractivity contribution in [1.29, 1.82) is 0 Å². The van der Waals surface area contributed by atoms with Crippen LogP contribution in [0.2, 0.25) is 0 Å². The highest BCUT2D eigenvalue weighted by Gasteiger charge is 2.23. The Labute approximate surface area is 94.6 Å². The molecular formula is C11H15N3O2. The van der Waals surface area contributed by atoms with E-state index in [2.05, 4.69) is 9.69 Å². The fourth-order valence-electron chi connectivity index (χ4n) is 1.91. The molecule has 2 aliphatic rings. The first-order valence-electron chi connectivity index (χ1n) is 5.34. The molecule has 0 aromatic heterocycles. The Hall–Kier alpha value is -1.58. The highest BCUT2D eigenvalue weighted by Crippen LogP contribution is 2.21. The number of methoxy groups -OCH3 is 1. The first-order chi connectivity index (χ1) is 7.85. The van der Waals surface area contributed by atoms with Crippen LogP contribution in [0.25, 0.3) is 5.53 Å². The minimum absolute atomic E-state index is 0.538. The number of hydrogen-bond donors (Lipinski definition) is 0. The molecule has 1 fully saturated rings. The summed E-state index contributed by atoms with van der Waals surface area (Å²) in [6.07, 6.45) is 4.28. The second-order valence-corrected chi connectivity index (χ2v) is 3.71. The molecule has 0 spiro atoms. The normalized spacial score (nSPS) is 21.1. The molecule has 1 aliphatic carbocycles. The van der Waals surface area contributed by atoms with Crippen LogP contribution in [0.4, 0.5) is 0 Å². The number of morpholine rings is 1. The molecule has 1 saturated heterocycles. The zero-order valence-electron chi connectivity index (χ0n) is 9.35. The summed E-state index contributed by atoms with van der Waals surface area (Å²) in [7, 11) is 1.64. The Kier molecular flexibility index (Phi) is 3.39. The van der Waals surface area contributed by atoms with E-state index < -0.39 is 0 Å². The van der Waals surface area contributed by atoms with Crippen molar-refractivity contribution in [3.8, 4) is 0 Å². The summed E-state index contributed by atoms with van der Waals surface area (Å²) in [5.74, 6) is 0.845. The second-order valence-electron chi connectivity index (χ2n) is 3.71. The largest absolute Gasteiger partial charge is 0.498 e. The topological polar surface area (TPSA) is 58.1 Å². The van der Waals surface area contributed by atoms with Gasteiger partial charge in [0.2, 0.25) is 0 Å². The molecule has 0 unspecified atom stereocenters. The molecule has 0 aromatic carbocycles. The molecule has 0 amide bonds. The molecule has 5 heteroatoms. The predicted molar refractivity (Wildman–Crippen MR) is 58.8 cm³/mol. The molecule has 0 aromatic rings. The summed E-state index contributed by atoms with van der Waals surface area (Å²) < 4.78 is 10.7. The van der Waals surface area contributed by atoms with Gasteiger partial charge in [-0.3, -0.25) is 0 Å². The van der Waals surface area contributed by atoms with Crippen LogP contribution in [0, 0.1) is 0 Å². The average Bonchev–Trinajstić information content (AvgIpc) is 2.39. The lowest BCUT2D eigenvalue weighted by Gasteiger charge is -2.31. The van der Waals surface area contributed by atoms with Gasteiger partial charge in [-0.2, -0.15) is 4.79 Å². The molecule has 0 radical (unpaired) electrons. The van der Waals surface area contributed by atoms with Crippen molar-refractivity contribution in [2.75, 3.05) is 33.4 Å². The maximum absolute atomic E-state index is 8.73. The summed E-state index contributed by atoms with van der Waals surface area (Å²) >= 11 is 0. The van der Waals surface area contributed by atoms with Crippen LogP contribution in [0.5, 0.6) is 0 Å². The maximum Gasteiger partial charge on any atom is 0.299 e. The van der Waals surface area contributed by atoms with Gasteiger partial charge in [-0.15, -0.1) is 0 Å². The van der Waals surface area contributed by atoms with E-state index in [9.17, 15) is 0 Å². The molecule has 1 heterocycles. The summed E-state index contributed by atoms with van der Waals surface area (Å²) in [5.41, 5.74) is 10.4. The van der Waals surface area contributed by atoms with Crippen LogP contribution in [-0.4, -0.2) is 48.8 Å². The van der Waals surface area contributed by atoms with E-state index in [4.69, 9.17) is 15.0 Å². The van der Waals surface area contributed by atoms with Crippen LogP contribution in [0.1, 0.15) is 6.42 Å². The van der Waals surface area contributed by atoms with Crippen LogP contribution in [-0.2, 0) is 9.47 Å². The van der Waals surface area contributed by atoms with E-state index in [0.717, 1.165) is 37.8 Å². The fraction of sp³-hybridized carbons (Fsp3) is 0.545. The monoisotopic (exact) mass is 221 g/mol. The number of rotatable bonds is 2. The van der Waals surface area contributed by atoms with Crippen molar-refractivity contribution in [2.24, 2.45) is 0 Å². The Balaban J connectivity index is 2.20. The Morgan fingerprint density at radius 1 is 1.38 bits per heavy atom. The second kappa shape index (κ2) is 4.96. The molecule has 5 nitrogen and oxygen atoms in total. The molecule has 2 rings (SSSR count). The van der Waals surface area contributed by atoms with E-state index in [0.29, 0.717) is 12.1 Å². The third-order valence-corrected chi connectivity index (χ3v) is 2.79. The van der Waals surface area contributed by atoms with Crippen LogP contribution in [0.3, 0.4) is 0 Å². The summed E-state index contributed by atoms with van der Waals surface area (Å²) in [6.45, 7) is 3.24. The molecule has 0 N–H and O–H groups in total. The predicted octanol–water partition coefficient (Wildman–Crippen LogP) is 0.807. The zero-order chi connectivity index (χ0) is 11.4. The molecular weight excluding hydrogens is 206 g/mol. The average molecular weight is 221 g/mol. The Morgan fingerprint density at radius 2 is 2.12 bits per heavy atom. The van der Waals surface area contributed by atoms with Gasteiger partial charge in [0.05, 0.1) is 26.0 Å². The standard InChI is InChI=1S/C11H15N3O2/c1-15-11-8-9(13-12)2-3-10(11)14-4-6-16-7-5-14/h2-3H,4-8H2,1H3. The molecule has 0 bridgehead atoms. The van der Waals surface area contributed by atoms with E-state index in [1.54, 1.807) is 7.11 Å². The smallest absolute Gasteiger partial charge is 0.299 e. The SMILES string of the molecule is COC1=C(N2CCOCC2)C=CC(=[N+]=[N-])C1. The van der Waals surface area contributed by atoms with Gasteiger partial charge in [0.1, 0.15) is 12.2 Å². The van der Waals surface area contributed by atoms with Crippen molar-refractivity contribution in [1.82, 2.24) is 4.90 Å². The third-order valence-electron chi connectivity index (χ3n) is 2.79. The Morgan fingerprint density at radius 3 is 2.75 bits per heavy atom. The number of allylic oxidation sites excluding steroid dienone is 3. The number of nitrogens with zero attached hydrogens (tertiary/aromatic N) is 3. The van der Waals surface area contributed by atoms with Gasteiger partial charge in [-0.05, 0) is 6.08 Å². The van der Waals surface area contributed by atoms with Gasteiger partial charge in [0.15, 0.2) is 0 Å². The minimum atomic E-state index is 0.538. The maximum atomic E-state index is 8.73. The first-order valence-corrected chi connectivity index (χ1v) is 5.34. The van der Waals surface area contributed by atoms with Gasteiger partial charge in [-0.25, -0.2) is 0 Å². The lowest BCUT2D eigenvalue weighted by atomic mass is 10.1. The van der Waals surface area contributed by atoms with Gasteiger partial charge in [-0.1, -0.05) is 0 Å². The van der Waals surface area contributed by atoms with Crippen LogP contribution >= 0.6 is 0 Å². The van der Waals surface area contributed by atoms with Gasteiger partial charge < -0.3 is 19.9 Å². The number of ether oxygens (including phenoxy) is 2. The molecule has 86 valence electrons. The van der Waals surface area contributed by atoms with Crippen molar-refractivity contribution >= 4 is 5.71 Å². The van der Waals surface area contributed by atoms with E-state index in [1.807, 2.05) is 12.2 Å². The summed E-state index contributed by atoms with van der Waals surface area (Å²) in [5, 5.41) is 0. The first kappa shape index (κ1) is 10.9. The molecule has 0 atom stereocenters. The van der Waals surface area contributed by atoms with E-state index in [1.165, 1.54) is 0 Å². The summed E-state index contributed by atoms with van der Waals surface area (Å²) in [4.78, 5) is 5.43. The van der Waals surface area contributed by atoms with Crippen LogP contribution < -0.4 is 0 Å². The number of hydrogen-bond acceptors (Lipinski definition) is 3. The van der Waals surface area contributed by atoms with Gasteiger partial charge >= 0.3 is 0 Å². The van der Waals surface area contributed by atoms with Crippen molar-refractivity contribution in [3.05, 3.63) is 29.1 Å². The highest BCUT2D eigenvalue weighted by atomic mass is 16.5. The minimum Gasteiger partial charge on any atom is -0.498 e. The van der Waals surface area contributed by atoms with E-state index >= 15 is 0 Å². The van der Waals surface area contributed by atoms with Crippen molar-refractivity contribution in [3.63, 3.8) is 0 Å². The Bertz CT molecular complexity index is 375. The molecule has 16 heavy (non-hydrogen) atoms. The highest BCUT2D eigenvalue weighted by molar-refractivity contribution is 5.93. The lowest BCUT2D eigenvalue weighted by molar-refractivity contribution is -0.00702. The lowest BCUT2D eigenvalue weighted by Crippen LogP contribution is -2.36. The van der Waals surface area contributed by atoms with Crippen molar-refractivity contribution < 1.29 is 14.3 Å². The van der Waals surface area contributed by atoms with Gasteiger partial charge in [0, 0.05) is 19.2 Å². The zero-order valence-corrected chi connectivity index (χ0v) is 9.35. The quantitative estimate of drug-likeness (QED) is 0.512. The van der Waals surface area contributed by atoms with Crippen LogP contribution in [0.15, 0.2) is 23.6 Å². The fourth-order valence-corrected chi connectivity index (χ4v) is 1.91. The van der Waals surface area contributed by atoms with Gasteiger partial charge in [0.25, 0.3) is 5.71 Å². The molecule has 1 aliphatic heterocycles.